The Balaban J connectivity index is 1.44. The molecule has 0 unspecified atom stereocenters. The molecule has 3 rings (SSSR count). The minimum atomic E-state index is -0.981. The smallest absolute Gasteiger partial charge is 0.204 e. The Morgan fingerprint density at radius 2 is 1.45 bits per heavy atom. The predicted octanol–water partition coefficient (Wildman–Crippen LogP) is 7.10. The lowest BCUT2D eigenvalue weighted by molar-refractivity contribution is 0.127. The average Bonchev–Trinajstić information content (AvgIpc) is 2.77. The summed E-state index contributed by atoms with van der Waals surface area (Å²) in [5.41, 5.74) is 0. The van der Waals surface area contributed by atoms with Gasteiger partial charge in [-0.2, -0.15) is 8.78 Å². The molecule has 0 atom stereocenters. The Morgan fingerprint density at radius 3 is 2.00 bits per heavy atom. The Morgan fingerprint density at radius 1 is 0.897 bits per heavy atom. The maximum Gasteiger partial charge on any atom is 0.204 e. The van der Waals surface area contributed by atoms with E-state index in [1.807, 2.05) is 6.92 Å². The second kappa shape index (κ2) is 10.8. The van der Waals surface area contributed by atoms with Crippen molar-refractivity contribution in [2.24, 2.45) is 23.7 Å². The summed E-state index contributed by atoms with van der Waals surface area (Å²) in [5.74, 6) is 0.761. The summed E-state index contributed by atoms with van der Waals surface area (Å²) in [7, 11) is 0. The number of rotatable bonds is 8. The number of allylic oxidation sites excluding steroid dienone is 2. The van der Waals surface area contributed by atoms with E-state index < -0.39 is 11.6 Å². The van der Waals surface area contributed by atoms with E-state index in [0.717, 1.165) is 24.7 Å². The van der Waals surface area contributed by atoms with E-state index in [9.17, 15) is 8.78 Å². The molecule has 1 aromatic carbocycles. The molecule has 0 amide bonds. The molecule has 2 fully saturated rings. The maximum absolute atomic E-state index is 14.3. The largest absolute Gasteiger partial charge is 0.490 e. The molecule has 0 heterocycles. The summed E-state index contributed by atoms with van der Waals surface area (Å²) < 4.78 is 39.3. The maximum atomic E-state index is 14.3. The quantitative estimate of drug-likeness (QED) is 0.430. The Bertz CT molecular complexity index is 684. The normalized spacial score (nSPS) is 27.7. The molecule has 160 valence electrons. The van der Waals surface area contributed by atoms with Crippen molar-refractivity contribution in [2.45, 2.75) is 58.3 Å². The third kappa shape index (κ3) is 5.83. The van der Waals surface area contributed by atoms with E-state index in [1.54, 1.807) is 12.2 Å². The van der Waals surface area contributed by atoms with Crippen LogP contribution in [0.1, 0.15) is 58.3 Å². The topological polar surface area (TPSA) is 18.5 Å². The van der Waals surface area contributed by atoms with Crippen LogP contribution in [0.3, 0.4) is 0 Å². The summed E-state index contributed by atoms with van der Waals surface area (Å²) in [6.07, 6.45) is 15.6. The molecular weight excluding hydrogens is 370 g/mol. The number of halogens is 2. The third-order valence-corrected chi connectivity index (χ3v) is 6.76. The van der Waals surface area contributed by atoms with E-state index in [4.69, 9.17) is 9.47 Å². The number of benzene rings is 1. The second-order valence-electron chi connectivity index (χ2n) is 8.57. The van der Waals surface area contributed by atoms with Crippen LogP contribution in [0.15, 0.2) is 36.9 Å². The van der Waals surface area contributed by atoms with Crippen LogP contribution in [0, 0.1) is 35.3 Å². The monoisotopic (exact) mass is 404 g/mol. The molecule has 4 heteroatoms. The van der Waals surface area contributed by atoms with Gasteiger partial charge in [0.1, 0.15) is 6.61 Å². The van der Waals surface area contributed by atoms with Gasteiger partial charge in [-0.1, -0.05) is 18.2 Å². The van der Waals surface area contributed by atoms with Gasteiger partial charge in [-0.05, 0) is 94.1 Å². The van der Waals surface area contributed by atoms with Crippen molar-refractivity contribution in [1.82, 2.24) is 0 Å². The summed E-state index contributed by atoms with van der Waals surface area (Å²) in [5, 5.41) is 0. The first-order valence-corrected chi connectivity index (χ1v) is 11.1. The molecule has 1 aromatic rings. The fourth-order valence-electron chi connectivity index (χ4n) is 4.86. The first-order valence-electron chi connectivity index (χ1n) is 11.1. The fraction of sp³-hybridized carbons (Fsp3) is 0.600. The van der Waals surface area contributed by atoms with Gasteiger partial charge >= 0.3 is 0 Å². The van der Waals surface area contributed by atoms with Crippen LogP contribution in [0.2, 0.25) is 0 Å². The van der Waals surface area contributed by atoms with Crippen molar-refractivity contribution in [3.63, 3.8) is 0 Å². The summed E-state index contributed by atoms with van der Waals surface area (Å²) >= 11 is 0. The predicted molar refractivity (Wildman–Crippen MR) is 113 cm³/mol. The van der Waals surface area contributed by atoms with Gasteiger partial charge in [0.25, 0.3) is 0 Å². The molecule has 0 aromatic heterocycles. The molecule has 2 aliphatic rings. The highest BCUT2D eigenvalue weighted by Crippen LogP contribution is 2.41. The summed E-state index contributed by atoms with van der Waals surface area (Å²) in [6, 6.07) is 2.90. The second-order valence-corrected chi connectivity index (χ2v) is 8.57. The van der Waals surface area contributed by atoms with Crippen LogP contribution in [-0.4, -0.2) is 13.2 Å². The van der Waals surface area contributed by atoms with Gasteiger partial charge in [0.05, 0.1) is 6.61 Å². The third-order valence-electron chi connectivity index (χ3n) is 6.76. The van der Waals surface area contributed by atoms with Gasteiger partial charge in [-0.15, -0.1) is 6.58 Å². The molecule has 2 aliphatic carbocycles. The minimum Gasteiger partial charge on any atom is -0.490 e. The highest BCUT2D eigenvalue weighted by atomic mass is 19.2. The Hall–Kier alpha value is -1.84. The van der Waals surface area contributed by atoms with Crippen molar-refractivity contribution < 1.29 is 18.3 Å². The minimum absolute atomic E-state index is 0.0224. The molecule has 2 nitrogen and oxygen atoms in total. The van der Waals surface area contributed by atoms with Crippen molar-refractivity contribution in [1.29, 1.82) is 0 Å². The lowest BCUT2D eigenvalue weighted by Gasteiger charge is -2.37. The zero-order valence-corrected chi connectivity index (χ0v) is 17.5. The zero-order chi connectivity index (χ0) is 20.6. The number of ether oxygens (including phenoxy) is 2. The first kappa shape index (κ1) is 21.9. The van der Waals surface area contributed by atoms with Gasteiger partial charge in [0.2, 0.25) is 11.6 Å². The van der Waals surface area contributed by atoms with Crippen molar-refractivity contribution in [2.75, 3.05) is 13.2 Å². The zero-order valence-electron chi connectivity index (χ0n) is 17.5. The van der Waals surface area contributed by atoms with E-state index >= 15 is 0 Å². The van der Waals surface area contributed by atoms with Crippen LogP contribution in [-0.2, 0) is 0 Å². The molecule has 0 saturated heterocycles. The van der Waals surface area contributed by atoms with Crippen LogP contribution in [0.25, 0.3) is 0 Å². The summed E-state index contributed by atoms with van der Waals surface area (Å²) in [6.45, 7) is 6.45. The van der Waals surface area contributed by atoms with Gasteiger partial charge in [-0.25, -0.2) is 0 Å². The van der Waals surface area contributed by atoms with Crippen molar-refractivity contribution in [3.05, 3.63) is 48.6 Å². The molecule has 0 spiro atoms. The van der Waals surface area contributed by atoms with E-state index in [-0.39, 0.29) is 18.1 Å². The Kier molecular flexibility index (Phi) is 8.14. The first-order chi connectivity index (χ1) is 14.1. The lowest BCUT2D eigenvalue weighted by Crippen LogP contribution is -2.27. The SMILES string of the molecule is C=C[C@H]1CC[C@H]([C@H]2CC[C@H](COc3ccc(OCC=CC)c(F)c3F)CC2)CC1. The average molecular weight is 405 g/mol. The van der Waals surface area contributed by atoms with Crippen molar-refractivity contribution >= 4 is 0 Å². The van der Waals surface area contributed by atoms with E-state index in [1.165, 1.54) is 50.7 Å². The summed E-state index contributed by atoms with van der Waals surface area (Å²) in [4.78, 5) is 0. The number of hydrogen-bond acceptors (Lipinski definition) is 2. The molecule has 29 heavy (non-hydrogen) atoms. The molecule has 0 aliphatic heterocycles. The van der Waals surface area contributed by atoms with Gasteiger partial charge in [-0.3, -0.25) is 0 Å². The molecule has 0 bridgehead atoms. The van der Waals surface area contributed by atoms with Gasteiger partial charge < -0.3 is 9.47 Å². The molecule has 2 saturated carbocycles. The van der Waals surface area contributed by atoms with Crippen LogP contribution in [0.5, 0.6) is 11.5 Å². The lowest BCUT2D eigenvalue weighted by atomic mass is 9.69. The Labute approximate surface area is 174 Å². The molecular formula is C25H34F2O2. The fourth-order valence-corrected chi connectivity index (χ4v) is 4.86. The highest BCUT2D eigenvalue weighted by molar-refractivity contribution is 5.35. The van der Waals surface area contributed by atoms with E-state index in [2.05, 4.69) is 12.7 Å². The van der Waals surface area contributed by atoms with Crippen LogP contribution < -0.4 is 9.47 Å². The highest BCUT2D eigenvalue weighted by Gasteiger charge is 2.30. The molecule has 0 N–H and O–H groups in total. The van der Waals surface area contributed by atoms with Gasteiger partial charge in [0.15, 0.2) is 11.5 Å². The van der Waals surface area contributed by atoms with Gasteiger partial charge in [0, 0.05) is 0 Å². The van der Waals surface area contributed by atoms with Crippen molar-refractivity contribution in [3.8, 4) is 11.5 Å². The molecule has 0 radical (unpaired) electrons. The number of hydrogen-bond donors (Lipinski definition) is 0. The van der Waals surface area contributed by atoms with E-state index in [0.29, 0.717) is 18.4 Å². The van der Waals surface area contributed by atoms with Crippen LogP contribution in [0.4, 0.5) is 8.78 Å². The van der Waals surface area contributed by atoms with Crippen LogP contribution >= 0.6 is 0 Å². The standard InChI is InChI=1S/C25H34F2O2/c1-3-5-16-28-22-14-15-23(25(27)24(22)26)29-17-19-8-12-21(13-9-19)20-10-6-18(4-2)7-11-20/h3-5,14-15,18-21H,2,6-13,16-17H2,1H3/t18-,19-,20-,21-.